The Morgan fingerprint density at radius 1 is 0.633 bits per heavy atom. The predicted octanol–water partition coefficient (Wildman–Crippen LogP) is 1.10. The van der Waals surface area contributed by atoms with Crippen molar-refractivity contribution in [2.45, 2.75) is 24.2 Å². The van der Waals surface area contributed by atoms with E-state index < -0.39 is 36.0 Å². The Kier molecular flexibility index (Phi) is 3.72. The smallest absolute Gasteiger partial charge is 0.248 e. The van der Waals surface area contributed by atoms with E-state index in [9.17, 15) is 19.2 Å². The second-order valence-electron chi connectivity index (χ2n) is 8.09. The van der Waals surface area contributed by atoms with Crippen LogP contribution in [0.15, 0.2) is 35.0 Å². The van der Waals surface area contributed by atoms with Crippen LogP contribution in [0.1, 0.15) is 21.8 Å². The Bertz CT molecular complexity index is 998. The molecule has 0 N–H and O–H groups in total. The van der Waals surface area contributed by atoms with Crippen LogP contribution in [0.25, 0.3) is 0 Å². The number of rotatable bonds is 2. The maximum Gasteiger partial charge on any atom is 0.248 e. The molecule has 6 atom stereocenters. The molecule has 2 aromatic rings. The zero-order valence-electron chi connectivity index (χ0n) is 16.2. The number of hydrogen-bond acceptors (Lipinski definition) is 8. The number of carbonyl (C=O) groups is 4. The van der Waals surface area contributed by atoms with Gasteiger partial charge in [0.1, 0.15) is 12.1 Å². The monoisotopic (exact) mass is 442 g/mol. The van der Waals surface area contributed by atoms with Crippen molar-refractivity contribution in [1.29, 1.82) is 0 Å². The number of carbonyl (C=O) groups excluding carboxylic acids is 4. The first-order chi connectivity index (χ1) is 14.4. The number of fused-ring (bicyclic) bond motifs is 5. The quantitative estimate of drug-likeness (QED) is 0.648. The molecule has 4 fully saturated rings. The highest BCUT2D eigenvalue weighted by Crippen LogP contribution is 2.59. The third-order valence-electron chi connectivity index (χ3n) is 6.84. The van der Waals surface area contributed by atoms with Gasteiger partial charge < -0.3 is 0 Å². The van der Waals surface area contributed by atoms with Crippen LogP contribution in [-0.4, -0.2) is 69.6 Å². The van der Waals surface area contributed by atoms with Crippen molar-refractivity contribution >= 4 is 46.3 Å². The van der Waals surface area contributed by atoms with Crippen molar-refractivity contribution < 1.29 is 19.2 Å². The van der Waals surface area contributed by atoms with Gasteiger partial charge in [0.05, 0.1) is 23.9 Å². The summed E-state index contributed by atoms with van der Waals surface area (Å²) in [6.07, 6.45) is 0. The fraction of sp³-hybridized carbons (Fsp3) is 0.400. The first kappa shape index (κ1) is 18.4. The van der Waals surface area contributed by atoms with Crippen LogP contribution in [0.3, 0.4) is 0 Å². The third kappa shape index (κ3) is 2.02. The average Bonchev–Trinajstić information content (AvgIpc) is 3.54. The highest BCUT2D eigenvalue weighted by Gasteiger charge is 2.73. The molecule has 4 aliphatic heterocycles. The lowest BCUT2D eigenvalue weighted by molar-refractivity contribution is -0.151. The zero-order valence-corrected chi connectivity index (χ0v) is 17.8. The summed E-state index contributed by atoms with van der Waals surface area (Å²) in [6.45, 7) is 0. The summed E-state index contributed by atoms with van der Waals surface area (Å²) in [6, 6.07) is 5.36. The molecule has 0 radical (unpaired) electrons. The summed E-state index contributed by atoms with van der Waals surface area (Å²) >= 11 is 3.00. The number of likely N-dealkylation sites (N-methyl/N-ethyl adjacent to an activating group) is 2. The molecule has 0 unspecified atom stereocenters. The van der Waals surface area contributed by atoms with E-state index in [-0.39, 0.29) is 23.6 Å². The molecule has 0 aromatic carbocycles. The van der Waals surface area contributed by atoms with Gasteiger partial charge in [-0.1, -0.05) is 12.1 Å². The number of likely N-dealkylation sites (tertiary alicyclic amines) is 2. The summed E-state index contributed by atoms with van der Waals surface area (Å²) in [5.41, 5.74) is 0. The van der Waals surface area contributed by atoms with Crippen LogP contribution in [0, 0.1) is 11.8 Å². The minimum atomic E-state index is -0.710. The van der Waals surface area contributed by atoms with E-state index in [1.807, 2.05) is 45.0 Å². The van der Waals surface area contributed by atoms with Crippen LogP contribution >= 0.6 is 22.7 Å². The Balaban J connectivity index is 1.59. The predicted molar refractivity (Wildman–Crippen MR) is 108 cm³/mol. The van der Waals surface area contributed by atoms with E-state index in [0.717, 1.165) is 9.75 Å². The van der Waals surface area contributed by atoms with Crippen molar-refractivity contribution in [3.8, 4) is 0 Å². The summed E-state index contributed by atoms with van der Waals surface area (Å²) in [5, 5.41) is 7.64. The largest absolute Gasteiger partial charge is 0.284 e. The van der Waals surface area contributed by atoms with Crippen molar-refractivity contribution in [1.82, 2.24) is 19.8 Å². The van der Waals surface area contributed by atoms with E-state index >= 15 is 0 Å². The Hall–Kier alpha value is -2.40. The highest BCUT2D eigenvalue weighted by atomic mass is 32.1. The fourth-order valence-corrected chi connectivity index (χ4v) is 7.32. The van der Waals surface area contributed by atoms with E-state index in [2.05, 4.69) is 0 Å². The van der Waals surface area contributed by atoms with Crippen molar-refractivity contribution in [2.75, 3.05) is 14.1 Å². The molecule has 2 aromatic heterocycles. The lowest BCUT2D eigenvalue weighted by Crippen LogP contribution is -2.48. The highest BCUT2D eigenvalue weighted by molar-refractivity contribution is 7.10. The molecule has 4 amide bonds. The van der Waals surface area contributed by atoms with Crippen LogP contribution in [0.4, 0.5) is 0 Å². The zero-order chi connectivity index (χ0) is 20.9. The molecule has 6 heterocycles. The van der Waals surface area contributed by atoms with Gasteiger partial charge in [-0.2, -0.15) is 0 Å². The Morgan fingerprint density at radius 2 is 1.03 bits per heavy atom. The molecule has 154 valence electrons. The first-order valence-electron chi connectivity index (χ1n) is 9.69. The van der Waals surface area contributed by atoms with E-state index in [1.54, 1.807) is 0 Å². The maximum atomic E-state index is 13.2. The minimum Gasteiger partial charge on any atom is -0.284 e. The van der Waals surface area contributed by atoms with Crippen LogP contribution in [-0.2, 0) is 19.2 Å². The standard InChI is InChI=1S/C20H18N4O4S2/c1-21-17(25)11-13(9-5-3-7-29-9)24-16-12(18(26)22(2)20(16)28)14(10-6-4-8-30-10)23(24)15(11)19(21)27/h3-8,11-16H,1-2H3/t11-,12+,13-,14-,15-,16+/m0/s1. The molecule has 0 bridgehead atoms. The first-order valence-corrected chi connectivity index (χ1v) is 11.5. The second-order valence-corrected chi connectivity index (χ2v) is 10.1. The van der Waals surface area contributed by atoms with E-state index in [1.165, 1.54) is 46.6 Å². The van der Waals surface area contributed by atoms with Gasteiger partial charge in [0.2, 0.25) is 23.6 Å². The average molecular weight is 443 g/mol. The summed E-state index contributed by atoms with van der Waals surface area (Å²) in [5.74, 6) is -2.21. The maximum absolute atomic E-state index is 13.2. The molecule has 0 spiro atoms. The molecule has 4 saturated heterocycles. The number of nitrogens with zero attached hydrogens (tertiary/aromatic N) is 4. The second kappa shape index (κ2) is 6.07. The van der Waals surface area contributed by atoms with Gasteiger partial charge in [0.15, 0.2) is 0 Å². The van der Waals surface area contributed by atoms with Crippen molar-refractivity contribution in [3.63, 3.8) is 0 Å². The molecule has 0 saturated carbocycles. The molecule has 4 aliphatic rings. The lowest BCUT2D eigenvalue weighted by atomic mass is 9.88. The molecule has 10 heteroatoms. The molecule has 30 heavy (non-hydrogen) atoms. The van der Waals surface area contributed by atoms with Gasteiger partial charge in [0.25, 0.3) is 0 Å². The van der Waals surface area contributed by atoms with Gasteiger partial charge in [-0.05, 0) is 22.9 Å². The number of amides is 4. The van der Waals surface area contributed by atoms with E-state index in [0.29, 0.717) is 0 Å². The van der Waals surface area contributed by atoms with Crippen LogP contribution in [0.5, 0.6) is 0 Å². The lowest BCUT2D eigenvalue weighted by Gasteiger charge is -2.34. The van der Waals surface area contributed by atoms with Crippen molar-refractivity contribution in [3.05, 3.63) is 44.8 Å². The van der Waals surface area contributed by atoms with Crippen molar-refractivity contribution in [2.24, 2.45) is 11.8 Å². The number of thiophene rings is 2. The molecule has 8 nitrogen and oxygen atoms in total. The fourth-order valence-electron chi connectivity index (χ4n) is 5.59. The topological polar surface area (TPSA) is 81.2 Å². The van der Waals surface area contributed by atoms with E-state index in [4.69, 9.17) is 0 Å². The van der Waals surface area contributed by atoms with Gasteiger partial charge in [0, 0.05) is 23.8 Å². The Morgan fingerprint density at radius 3 is 1.37 bits per heavy atom. The summed E-state index contributed by atoms with van der Waals surface area (Å²) < 4.78 is 0. The third-order valence-corrected chi connectivity index (χ3v) is 8.72. The normalized spacial score (nSPS) is 36.2. The number of hydrazine groups is 1. The molecular formula is C20H18N4O4S2. The van der Waals surface area contributed by atoms with Gasteiger partial charge in [-0.3, -0.25) is 29.0 Å². The molecule has 0 aliphatic carbocycles. The number of hydrogen-bond donors (Lipinski definition) is 0. The summed E-state index contributed by atoms with van der Waals surface area (Å²) in [4.78, 5) is 56.8. The van der Waals surface area contributed by atoms with Crippen LogP contribution < -0.4 is 0 Å². The SMILES string of the molecule is CN1C(=O)[C@@H]2[C@@H](C1=O)N1[C@@H](c3cccs3)[C@H]3C(=O)N(C)C(=O)[C@@H]3N1[C@H]2c1cccs1. The number of imide groups is 2. The summed E-state index contributed by atoms with van der Waals surface area (Å²) in [7, 11) is 3.03. The molecular weight excluding hydrogens is 424 g/mol. The van der Waals surface area contributed by atoms with Gasteiger partial charge in [-0.25, -0.2) is 10.0 Å². The van der Waals surface area contributed by atoms with Gasteiger partial charge in [-0.15, -0.1) is 22.7 Å². The molecule has 6 rings (SSSR count). The Labute approximate surface area is 180 Å². The van der Waals surface area contributed by atoms with Gasteiger partial charge >= 0.3 is 0 Å². The van der Waals surface area contributed by atoms with Crippen LogP contribution in [0.2, 0.25) is 0 Å². The minimum absolute atomic E-state index is 0.232.